The van der Waals surface area contributed by atoms with Crippen LogP contribution in [0.3, 0.4) is 0 Å². The van der Waals surface area contributed by atoms with Crippen molar-refractivity contribution in [2.75, 3.05) is 0 Å². The molecule has 0 N–H and O–H groups in total. The van der Waals surface area contributed by atoms with Crippen LogP contribution in [0.1, 0.15) is 69.2 Å². The number of imide groups is 1. The molecule has 2 aromatic rings. The molecule has 1 aliphatic heterocycles. The van der Waals surface area contributed by atoms with E-state index in [4.69, 9.17) is 4.43 Å². The van der Waals surface area contributed by atoms with E-state index in [9.17, 15) is 9.59 Å². The molecule has 32 heavy (non-hydrogen) atoms. The van der Waals surface area contributed by atoms with E-state index in [1.54, 1.807) is 12.1 Å². The van der Waals surface area contributed by atoms with Gasteiger partial charge in [-0.3, -0.25) is 0 Å². The number of amides is 2. The molecule has 0 aromatic heterocycles. The number of nitrogens with zero attached hydrogens (tertiary/aromatic N) is 1. The first kappa shape index (κ1) is 24.9. The van der Waals surface area contributed by atoms with Gasteiger partial charge in [-0.25, -0.2) is 0 Å². The molecule has 4 nitrogen and oxygen atoms in total. The van der Waals surface area contributed by atoms with Crippen molar-refractivity contribution < 1.29 is 14.0 Å². The third kappa shape index (κ3) is 4.51. The second-order valence-electron chi connectivity index (χ2n) is 9.49. The van der Waals surface area contributed by atoms with Gasteiger partial charge >= 0.3 is 200 Å². The Balaban J connectivity index is 2.02. The summed E-state index contributed by atoms with van der Waals surface area (Å²) in [5, 5.41) is 0. The summed E-state index contributed by atoms with van der Waals surface area (Å²) in [6.45, 7) is 15.6. The summed E-state index contributed by atoms with van der Waals surface area (Å²) in [6.07, 6.45) is -0.240. The molecule has 172 valence electrons. The SMILES string of the molecule is CC(C)[Si](O[C@H](C)C([Se]c1ccccc1)N1C(=O)c2ccccc2C1=O)(C(C)C)C(C)C. The predicted octanol–water partition coefficient (Wildman–Crippen LogP) is 5.22. The molecule has 1 unspecified atom stereocenters. The molecule has 1 heterocycles. The molecule has 3 rings (SSSR count). The maximum atomic E-state index is 13.4. The third-order valence-corrected chi connectivity index (χ3v) is 15.7. The van der Waals surface area contributed by atoms with Crippen LogP contribution in [-0.2, 0) is 4.43 Å². The first-order valence-electron chi connectivity index (χ1n) is 11.5. The van der Waals surface area contributed by atoms with Crippen LogP contribution in [0.5, 0.6) is 0 Å². The van der Waals surface area contributed by atoms with E-state index < -0.39 is 8.32 Å². The van der Waals surface area contributed by atoms with Crippen LogP contribution in [0.15, 0.2) is 54.6 Å². The number of fused-ring (bicyclic) bond motifs is 1. The molecule has 2 aromatic carbocycles. The Labute approximate surface area is 200 Å². The summed E-state index contributed by atoms with van der Waals surface area (Å²) in [6, 6.07) is 17.3. The molecule has 0 spiro atoms. The summed E-state index contributed by atoms with van der Waals surface area (Å²) in [5.41, 5.74) is 2.28. The van der Waals surface area contributed by atoms with Crippen molar-refractivity contribution in [1.29, 1.82) is 0 Å². The standard InChI is InChI=1S/C26H35NO3SeSi/c1-17(2)32(18(3)4,19(5)6)30-20(7)26(31-21-13-9-8-10-14-21)27-24(28)22-15-11-12-16-23(22)25(27)29/h8-20,26H,1-7H3/t20-,26?/m1/s1. The predicted molar refractivity (Wildman–Crippen MR) is 134 cm³/mol. The van der Waals surface area contributed by atoms with Crippen molar-refractivity contribution in [1.82, 2.24) is 4.90 Å². The summed E-state index contributed by atoms with van der Waals surface area (Å²) in [7, 11) is -2.18. The molecule has 0 saturated carbocycles. The van der Waals surface area contributed by atoms with Gasteiger partial charge in [0.2, 0.25) is 0 Å². The quantitative estimate of drug-likeness (QED) is 0.339. The first-order chi connectivity index (χ1) is 15.1. The second kappa shape index (κ2) is 10.0. The monoisotopic (exact) mass is 517 g/mol. The van der Waals surface area contributed by atoms with Crippen molar-refractivity contribution in [2.24, 2.45) is 0 Å². The molecule has 6 heteroatoms. The molecule has 0 aliphatic carbocycles. The van der Waals surface area contributed by atoms with Crippen LogP contribution >= 0.6 is 0 Å². The molecule has 2 atom stereocenters. The van der Waals surface area contributed by atoms with E-state index in [-0.39, 0.29) is 37.8 Å². The molecule has 0 saturated heterocycles. The zero-order chi connectivity index (χ0) is 23.6. The molecular formula is C26H35NO3SeSi. The van der Waals surface area contributed by atoms with Crippen molar-refractivity contribution >= 4 is 39.6 Å². The van der Waals surface area contributed by atoms with E-state index >= 15 is 0 Å². The van der Waals surface area contributed by atoms with Crippen LogP contribution in [0.4, 0.5) is 0 Å². The fraction of sp³-hybridized carbons (Fsp3) is 0.462. The second-order valence-corrected chi connectivity index (χ2v) is 17.4. The Morgan fingerprint density at radius 3 is 1.59 bits per heavy atom. The van der Waals surface area contributed by atoms with Gasteiger partial charge in [0, 0.05) is 0 Å². The number of benzene rings is 2. The Kier molecular flexibility index (Phi) is 7.82. The minimum atomic E-state index is -2.18. The van der Waals surface area contributed by atoms with Gasteiger partial charge in [-0.05, 0) is 0 Å². The molecule has 0 radical (unpaired) electrons. The zero-order valence-electron chi connectivity index (χ0n) is 20.2. The normalized spacial score (nSPS) is 16.2. The van der Waals surface area contributed by atoms with Gasteiger partial charge in [-0.1, -0.05) is 0 Å². The zero-order valence-corrected chi connectivity index (χ0v) is 22.9. The van der Waals surface area contributed by atoms with E-state index in [2.05, 4.69) is 60.6 Å². The topological polar surface area (TPSA) is 46.6 Å². The minimum absolute atomic E-state index is 0.140. The van der Waals surface area contributed by atoms with Crippen molar-refractivity contribution in [3.8, 4) is 0 Å². The molecule has 1 aliphatic rings. The molecule has 0 fully saturated rings. The van der Waals surface area contributed by atoms with Gasteiger partial charge in [0.25, 0.3) is 0 Å². The number of rotatable bonds is 9. The van der Waals surface area contributed by atoms with Crippen molar-refractivity contribution in [2.45, 2.75) is 76.1 Å². The Morgan fingerprint density at radius 1 is 0.719 bits per heavy atom. The summed E-state index contributed by atoms with van der Waals surface area (Å²) < 4.78 is 8.23. The van der Waals surface area contributed by atoms with E-state index in [0.717, 1.165) is 4.46 Å². The number of carbonyl (C=O) groups is 2. The molecule has 2 amide bonds. The van der Waals surface area contributed by atoms with E-state index in [0.29, 0.717) is 27.8 Å². The fourth-order valence-electron chi connectivity index (χ4n) is 5.22. The molecular weight excluding hydrogens is 481 g/mol. The van der Waals surface area contributed by atoms with E-state index in [1.165, 1.54) is 4.90 Å². The van der Waals surface area contributed by atoms with Gasteiger partial charge in [-0.15, -0.1) is 0 Å². The average Bonchev–Trinajstić information content (AvgIpc) is 3.00. The van der Waals surface area contributed by atoms with E-state index in [1.807, 2.05) is 30.3 Å². The third-order valence-electron chi connectivity index (χ3n) is 6.58. The number of carbonyl (C=O) groups excluding carboxylic acids is 2. The summed E-state index contributed by atoms with van der Waals surface area (Å²) >= 11 is -0.140. The van der Waals surface area contributed by atoms with Crippen LogP contribution in [-0.4, -0.2) is 51.0 Å². The maximum absolute atomic E-state index is 13.4. The Morgan fingerprint density at radius 2 is 1.16 bits per heavy atom. The van der Waals surface area contributed by atoms with Crippen molar-refractivity contribution in [3.63, 3.8) is 0 Å². The molecule has 0 bridgehead atoms. The fourth-order valence-corrected chi connectivity index (χ4v) is 13.4. The van der Waals surface area contributed by atoms with Gasteiger partial charge in [0.05, 0.1) is 0 Å². The number of hydrogen-bond donors (Lipinski definition) is 0. The van der Waals surface area contributed by atoms with Gasteiger partial charge in [0.1, 0.15) is 0 Å². The summed E-state index contributed by atoms with van der Waals surface area (Å²) in [4.78, 5) is 27.9. The van der Waals surface area contributed by atoms with Crippen LogP contribution in [0.2, 0.25) is 16.6 Å². The van der Waals surface area contributed by atoms with Gasteiger partial charge < -0.3 is 0 Å². The first-order valence-corrected chi connectivity index (χ1v) is 15.5. The van der Waals surface area contributed by atoms with Crippen LogP contribution in [0.25, 0.3) is 0 Å². The van der Waals surface area contributed by atoms with Gasteiger partial charge in [-0.2, -0.15) is 0 Å². The van der Waals surface area contributed by atoms with Crippen LogP contribution in [0, 0.1) is 0 Å². The number of hydrogen-bond acceptors (Lipinski definition) is 3. The van der Waals surface area contributed by atoms with Crippen molar-refractivity contribution in [3.05, 3.63) is 65.7 Å². The Hall–Kier alpha value is -1.72. The van der Waals surface area contributed by atoms with Gasteiger partial charge in [0.15, 0.2) is 0 Å². The summed E-state index contributed by atoms with van der Waals surface area (Å²) in [5.74, 6) is -0.399. The van der Waals surface area contributed by atoms with Crippen LogP contribution < -0.4 is 4.46 Å². The Bertz CT molecular complexity index is 904. The average molecular weight is 517 g/mol.